The Labute approximate surface area is 130 Å². The van der Waals surface area contributed by atoms with E-state index in [1.165, 1.54) is 0 Å². The minimum Gasteiger partial charge on any atom is -0.493 e. The Morgan fingerprint density at radius 1 is 1.29 bits per heavy atom. The van der Waals surface area contributed by atoms with Crippen LogP contribution >= 0.6 is 15.9 Å². The summed E-state index contributed by atoms with van der Waals surface area (Å²) in [5.74, 6) is 1.41. The third kappa shape index (κ3) is 3.75. The van der Waals surface area contributed by atoms with Crippen LogP contribution in [0.5, 0.6) is 11.5 Å². The van der Waals surface area contributed by atoms with Gasteiger partial charge in [0.25, 0.3) is 5.56 Å². The second-order valence-electron chi connectivity index (χ2n) is 4.29. The third-order valence-corrected chi connectivity index (χ3v) is 3.76. The second kappa shape index (κ2) is 7.12. The van der Waals surface area contributed by atoms with Crippen molar-refractivity contribution in [2.45, 2.75) is 6.42 Å². The van der Waals surface area contributed by atoms with Gasteiger partial charge in [-0.2, -0.15) is 5.10 Å². The van der Waals surface area contributed by atoms with Crippen LogP contribution in [-0.4, -0.2) is 31.0 Å². The fourth-order valence-corrected chi connectivity index (χ4v) is 2.22. The Morgan fingerprint density at radius 2 is 2.05 bits per heavy atom. The first-order valence-electron chi connectivity index (χ1n) is 6.33. The van der Waals surface area contributed by atoms with Gasteiger partial charge in [0, 0.05) is 6.54 Å². The third-order valence-electron chi connectivity index (χ3n) is 2.97. The molecular weight excluding hydrogens is 338 g/mol. The van der Waals surface area contributed by atoms with Crippen LogP contribution in [-0.2, 0) is 6.42 Å². The first-order chi connectivity index (χ1) is 10.2. The average molecular weight is 354 g/mol. The molecule has 2 N–H and O–H groups in total. The summed E-state index contributed by atoms with van der Waals surface area (Å²) in [6.07, 6.45) is 2.35. The minimum absolute atomic E-state index is 0.258. The molecule has 7 heteroatoms. The highest BCUT2D eigenvalue weighted by Crippen LogP contribution is 2.27. The summed E-state index contributed by atoms with van der Waals surface area (Å²) in [5.41, 5.74) is 1.51. The van der Waals surface area contributed by atoms with Crippen molar-refractivity contribution in [3.63, 3.8) is 0 Å². The molecule has 1 aromatic heterocycles. The zero-order chi connectivity index (χ0) is 15.2. The molecule has 1 heterocycles. The van der Waals surface area contributed by atoms with E-state index in [0.29, 0.717) is 28.2 Å². The molecule has 21 heavy (non-hydrogen) atoms. The molecular formula is C14H16BrN3O3. The van der Waals surface area contributed by atoms with Crippen LogP contribution in [0.1, 0.15) is 5.56 Å². The number of benzene rings is 1. The molecule has 0 unspecified atom stereocenters. The highest BCUT2D eigenvalue weighted by atomic mass is 79.9. The van der Waals surface area contributed by atoms with Crippen LogP contribution in [0.4, 0.5) is 5.69 Å². The summed E-state index contributed by atoms with van der Waals surface area (Å²) in [4.78, 5) is 11.4. The SMILES string of the molecule is COc1ccc(CCNc2cn[nH]c(=O)c2Br)cc1OC. The van der Waals surface area contributed by atoms with Gasteiger partial charge in [-0.15, -0.1) is 0 Å². The number of hydrogen-bond acceptors (Lipinski definition) is 5. The van der Waals surface area contributed by atoms with E-state index in [0.717, 1.165) is 12.0 Å². The number of anilines is 1. The Kier molecular flexibility index (Phi) is 5.21. The maximum atomic E-state index is 11.4. The Bertz CT molecular complexity index is 673. The molecule has 2 aromatic rings. The van der Waals surface area contributed by atoms with E-state index in [-0.39, 0.29) is 5.56 Å². The van der Waals surface area contributed by atoms with Gasteiger partial charge in [0.2, 0.25) is 0 Å². The van der Waals surface area contributed by atoms with Crippen LogP contribution < -0.4 is 20.3 Å². The van der Waals surface area contributed by atoms with E-state index >= 15 is 0 Å². The van der Waals surface area contributed by atoms with Crippen molar-refractivity contribution < 1.29 is 9.47 Å². The lowest BCUT2D eigenvalue weighted by atomic mass is 10.1. The number of nitrogens with zero attached hydrogens (tertiary/aromatic N) is 1. The smallest absolute Gasteiger partial charge is 0.280 e. The quantitative estimate of drug-likeness (QED) is 0.832. The maximum absolute atomic E-state index is 11.4. The molecule has 2 rings (SSSR count). The summed E-state index contributed by atoms with van der Waals surface area (Å²) in [6.45, 7) is 0.666. The van der Waals surface area contributed by atoms with E-state index < -0.39 is 0 Å². The van der Waals surface area contributed by atoms with Gasteiger partial charge in [-0.25, -0.2) is 5.10 Å². The van der Waals surface area contributed by atoms with Crippen molar-refractivity contribution in [1.29, 1.82) is 0 Å². The highest BCUT2D eigenvalue weighted by molar-refractivity contribution is 9.10. The summed E-state index contributed by atoms with van der Waals surface area (Å²) in [6, 6.07) is 5.79. The Hall–Kier alpha value is -2.02. The lowest BCUT2D eigenvalue weighted by Gasteiger charge is -2.10. The molecule has 0 saturated carbocycles. The van der Waals surface area contributed by atoms with Gasteiger partial charge in [0.05, 0.1) is 26.1 Å². The lowest BCUT2D eigenvalue weighted by molar-refractivity contribution is 0.354. The van der Waals surface area contributed by atoms with E-state index in [2.05, 4.69) is 31.4 Å². The molecule has 0 aliphatic carbocycles. The zero-order valence-corrected chi connectivity index (χ0v) is 13.4. The van der Waals surface area contributed by atoms with Crippen molar-refractivity contribution in [1.82, 2.24) is 10.2 Å². The van der Waals surface area contributed by atoms with Crippen molar-refractivity contribution >= 4 is 21.6 Å². The van der Waals surface area contributed by atoms with E-state index in [1.54, 1.807) is 20.4 Å². The maximum Gasteiger partial charge on any atom is 0.280 e. The van der Waals surface area contributed by atoms with Gasteiger partial charge in [-0.05, 0) is 40.0 Å². The Morgan fingerprint density at radius 3 is 2.76 bits per heavy atom. The van der Waals surface area contributed by atoms with Crippen molar-refractivity contribution in [3.05, 3.63) is 44.8 Å². The van der Waals surface area contributed by atoms with Gasteiger partial charge in [-0.3, -0.25) is 4.79 Å². The average Bonchev–Trinajstić information content (AvgIpc) is 2.51. The van der Waals surface area contributed by atoms with Gasteiger partial charge in [-0.1, -0.05) is 6.07 Å². The summed E-state index contributed by atoms with van der Waals surface area (Å²) in [7, 11) is 3.22. The van der Waals surface area contributed by atoms with Crippen LogP contribution in [0.15, 0.2) is 33.7 Å². The molecule has 1 aromatic carbocycles. The number of halogens is 1. The molecule has 112 valence electrons. The molecule has 0 spiro atoms. The van der Waals surface area contributed by atoms with Crippen LogP contribution in [0.25, 0.3) is 0 Å². The molecule has 0 amide bonds. The fraction of sp³-hybridized carbons (Fsp3) is 0.286. The van der Waals surface area contributed by atoms with Gasteiger partial charge < -0.3 is 14.8 Å². The van der Waals surface area contributed by atoms with Gasteiger partial charge >= 0.3 is 0 Å². The number of aromatic amines is 1. The summed E-state index contributed by atoms with van der Waals surface area (Å²) >= 11 is 3.23. The van der Waals surface area contributed by atoms with Crippen molar-refractivity contribution in [2.75, 3.05) is 26.1 Å². The first kappa shape index (κ1) is 15.4. The number of methoxy groups -OCH3 is 2. The lowest BCUT2D eigenvalue weighted by Crippen LogP contribution is -2.13. The Balaban J connectivity index is 2.00. The van der Waals surface area contributed by atoms with Crippen molar-refractivity contribution in [2.24, 2.45) is 0 Å². The summed E-state index contributed by atoms with van der Waals surface area (Å²) in [5, 5.41) is 9.27. The van der Waals surface area contributed by atoms with Crippen LogP contribution in [0.3, 0.4) is 0 Å². The number of hydrogen-bond donors (Lipinski definition) is 2. The standard InChI is InChI=1S/C14H16BrN3O3/c1-20-11-4-3-9(7-12(11)21-2)5-6-16-10-8-17-18-14(19)13(10)15/h3-4,7-8H,5-6H2,1-2H3,(H2,16,18,19). The number of rotatable bonds is 6. The normalized spacial score (nSPS) is 10.2. The highest BCUT2D eigenvalue weighted by Gasteiger charge is 2.06. The molecule has 0 aliphatic rings. The van der Waals surface area contributed by atoms with Gasteiger partial charge in [0.15, 0.2) is 11.5 Å². The van der Waals surface area contributed by atoms with Crippen molar-refractivity contribution in [3.8, 4) is 11.5 Å². The number of aromatic nitrogens is 2. The number of H-pyrrole nitrogens is 1. The van der Waals surface area contributed by atoms with E-state index in [1.807, 2.05) is 18.2 Å². The number of ether oxygens (including phenoxy) is 2. The minimum atomic E-state index is -0.258. The zero-order valence-electron chi connectivity index (χ0n) is 11.8. The molecule has 0 fully saturated rings. The molecule has 0 bridgehead atoms. The van der Waals surface area contributed by atoms with Crippen LogP contribution in [0.2, 0.25) is 0 Å². The summed E-state index contributed by atoms with van der Waals surface area (Å²) < 4.78 is 10.9. The molecule has 0 saturated heterocycles. The largest absolute Gasteiger partial charge is 0.493 e. The molecule has 0 atom stereocenters. The second-order valence-corrected chi connectivity index (χ2v) is 5.09. The topological polar surface area (TPSA) is 76.2 Å². The van der Waals surface area contributed by atoms with Gasteiger partial charge in [0.1, 0.15) is 4.47 Å². The predicted molar refractivity (Wildman–Crippen MR) is 84.3 cm³/mol. The number of nitrogens with one attached hydrogen (secondary N) is 2. The fourth-order valence-electron chi connectivity index (χ4n) is 1.88. The van der Waals surface area contributed by atoms with Crippen LogP contribution in [0, 0.1) is 0 Å². The predicted octanol–water partition coefficient (Wildman–Crippen LogP) is 2.20. The molecule has 6 nitrogen and oxygen atoms in total. The van der Waals surface area contributed by atoms with E-state index in [4.69, 9.17) is 9.47 Å². The monoisotopic (exact) mass is 353 g/mol. The first-order valence-corrected chi connectivity index (χ1v) is 7.13. The molecule has 0 radical (unpaired) electrons. The van der Waals surface area contributed by atoms with E-state index in [9.17, 15) is 4.79 Å². The molecule has 0 aliphatic heterocycles.